The van der Waals surface area contributed by atoms with Crippen molar-refractivity contribution in [1.29, 1.82) is 0 Å². The van der Waals surface area contributed by atoms with E-state index in [1.54, 1.807) is 0 Å². The highest BCUT2D eigenvalue weighted by Gasteiger charge is 2.35. The quantitative estimate of drug-likeness (QED) is 0.305. The van der Waals surface area contributed by atoms with Gasteiger partial charge in [-0.2, -0.15) is 4.89 Å². The topological polar surface area (TPSA) is 35.5 Å². The first-order chi connectivity index (χ1) is 6.70. The second kappa shape index (κ2) is 5.31. The van der Waals surface area contributed by atoms with E-state index in [4.69, 9.17) is 0 Å². The van der Waals surface area contributed by atoms with Gasteiger partial charge in [0.2, 0.25) is 0 Å². The number of rotatable bonds is 5. The number of hydrogen-bond acceptors (Lipinski definition) is 3. The van der Waals surface area contributed by atoms with Gasteiger partial charge < -0.3 is 0 Å². The second-order valence-corrected chi connectivity index (χ2v) is 5.34. The highest BCUT2D eigenvalue weighted by Crippen LogP contribution is 2.40. The van der Waals surface area contributed by atoms with Gasteiger partial charge in [0.1, 0.15) is 6.61 Å². The molecule has 0 aliphatic rings. The van der Waals surface area contributed by atoms with E-state index in [0.717, 1.165) is 0 Å². The summed E-state index contributed by atoms with van der Waals surface area (Å²) in [5.74, 6) is -0.336. The minimum atomic E-state index is -0.336. The van der Waals surface area contributed by atoms with Crippen molar-refractivity contribution in [3.05, 3.63) is 12.7 Å². The monoisotopic (exact) mass is 214 g/mol. The van der Waals surface area contributed by atoms with Gasteiger partial charge in [-0.25, -0.2) is 4.79 Å². The summed E-state index contributed by atoms with van der Waals surface area (Å²) in [6, 6.07) is 0. The smallest absolute Gasteiger partial charge is 0.298 e. The molecule has 88 valence electrons. The maximum atomic E-state index is 11.4. The fourth-order valence-electron chi connectivity index (χ4n) is 0.803. The minimum absolute atomic E-state index is 0.0461. The first-order valence-corrected chi connectivity index (χ1v) is 5.14. The molecular weight excluding hydrogens is 192 g/mol. The van der Waals surface area contributed by atoms with Crippen LogP contribution in [0.15, 0.2) is 12.7 Å². The van der Waals surface area contributed by atoms with Crippen LogP contribution in [0.5, 0.6) is 0 Å². The van der Waals surface area contributed by atoms with Gasteiger partial charge in [-0.05, 0) is 10.8 Å². The van der Waals surface area contributed by atoms with Gasteiger partial charge in [-0.3, -0.25) is 4.89 Å². The lowest BCUT2D eigenvalue weighted by atomic mass is 9.67. The highest BCUT2D eigenvalue weighted by molar-refractivity contribution is 5.69. The maximum Gasteiger partial charge on any atom is 0.342 e. The third-order valence-electron chi connectivity index (χ3n) is 2.95. The highest BCUT2D eigenvalue weighted by atomic mass is 17.2. The number of hydrogen-bond donors (Lipinski definition) is 0. The standard InChI is InChI=1S/C12H22O3/c1-7-8-14-15-10(13)9-12(5,6)11(2,3)4/h7H,1,8-9H2,2-6H3. The van der Waals surface area contributed by atoms with E-state index in [1.807, 2.05) is 13.8 Å². The van der Waals surface area contributed by atoms with Crippen molar-refractivity contribution in [3.63, 3.8) is 0 Å². The fraction of sp³-hybridized carbons (Fsp3) is 0.750. The molecule has 0 N–H and O–H groups in total. The zero-order valence-corrected chi connectivity index (χ0v) is 10.4. The summed E-state index contributed by atoms with van der Waals surface area (Å²) in [7, 11) is 0. The zero-order chi connectivity index (χ0) is 12.1. The molecule has 0 aliphatic heterocycles. The largest absolute Gasteiger partial charge is 0.342 e. The molecule has 0 saturated heterocycles. The van der Waals surface area contributed by atoms with Gasteiger partial charge in [0.25, 0.3) is 0 Å². The normalized spacial score (nSPS) is 12.3. The predicted molar refractivity (Wildman–Crippen MR) is 60.1 cm³/mol. The van der Waals surface area contributed by atoms with Gasteiger partial charge >= 0.3 is 5.97 Å². The van der Waals surface area contributed by atoms with Crippen LogP contribution in [0.1, 0.15) is 41.0 Å². The molecule has 0 fully saturated rings. The van der Waals surface area contributed by atoms with Crippen molar-refractivity contribution in [3.8, 4) is 0 Å². The lowest BCUT2D eigenvalue weighted by Gasteiger charge is -2.37. The van der Waals surface area contributed by atoms with Gasteiger partial charge in [0.05, 0.1) is 6.42 Å². The second-order valence-electron chi connectivity index (χ2n) is 5.34. The average molecular weight is 214 g/mol. The minimum Gasteiger partial charge on any atom is -0.298 e. The van der Waals surface area contributed by atoms with Crippen molar-refractivity contribution in [2.45, 2.75) is 41.0 Å². The third-order valence-corrected chi connectivity index (χ3v) is 2.95. The summed E-state index contributed by atoms with van der Waals surface area (Å²) >= 11 is 0. The van der Waals surface area contributed by atoms with Gasteiger partial charge in [-0.1, -0.05) is 40.7 Å². The van der Waals surface area contributed by atoms with E-state index in [-0.39, 0.29) is 23.4 Å². The van der Waals surface area contributed by atoms with Crippen molar-refractivity contribution >= 4 is 5.97 Å². The number of carbonyl (C=O) groups excluding carboxylic acids is 1. The molecule has 3 nitrogen and oxygen atoms in total. The molecule has 0 unspecified atom stereocenters. The van der Waals surface area contributed by atoms with Gasteiger partial charge in [0, 0.05) is 0 Å². The Morgan fingerprint density at radius 1 is 1.27 bits per heavy atom. The Bertz CT molecular complexity index is 224. The van der Waals surface area contributed by atoms with E-state index in [9.17, 15) is 4.79 Å². The molecule has 0 aliphatic carbocycles. The van der Waals surface area contributed by atoms with E-state index < -0.39 is 0 Å². The van der Waals surface area contributed by atoms with Crippen LogP contribution in [0.3, 0.4) is 0 Å². The van der Waals surface area contributed by atoms with Crippen molar-refractivity contribution in [2.75, 3.05) is 6.61 Å². The molecule has 0 radical (unpaired) electrons. The molecule has 0 spiro atoms. The summed E-state index contributed by atoms with van der Waals surface area (Å²) in [6.45, 7) is 14.1. The van der Waals surface area contributed by atoms with Crippen LogP contribution >= 0.6 is 0 Å². The van der Waals surface area contributed by atoms with Crippen LogP contribution in [0.2, 0.25) is 0 Å². The molecule has 0 bridgehead atoms. The van der Waals surface area contributed by atoms with Crippen LogP contribution in [-0.4, -0.2) is 12.6 Å². The average Bonchev–Trinajstić information content (AvgIpc) is 2.01. The molecule has 0 atom stereocenters. The van der Waals surface area contributed by atoms with E-state index in [1.165, 1.54) is 6.08 Å². The Morgan fingerprint density at radius 2 is 1.80 bits per heavy atom. The van der Waals surface area contributed by atoms with Crippen LogP contribution in [-0.2, 0) is 14.6 Å². The molecule has 0 aromatic carbocycles. The third kappa shape index (κ3) is 4.98. The van der Waals surface area contributed by atoms with Crippen LogP contribution in [0.25, 0.3) is 0 Å². The maximum absolute atomic E-state index is 11.4. The summed E-state index contributed by atoms with van der Waals surface area (Å²) in [5, 5.41) is 0. The Morgan fingerprint density at radius 3 is 2.20 bits per heavy atom. The predicted octanol–water partition coefficient (Wildman–Crippen LogP) is 3.11. The lowest BCUT2D eigenvalue weighted by molar-refractivity contribution is -0.268. The van der Waals surface area contributed by atoms with Crippen LogP contribution in [0, 0.1) is 10.8 Å². The molecule has 0 amide bonds. The zero-order valence-electron chi connectivity index (χ0n) is 10.4. The van der Waals surface area contributed by atoms with E-state index in [0.29, 0.717) is 6.42 Å². The Labute approximate surface area is 92.4 Å². The number of carbonyl (C=O) groups is 1. The molecule has 0 rings (SSSR count). The van der Waals surface area contributed by atoms with Gasteiger partial charge in [-0.15, -0.1) is 6.58 Å². The van der Waals surface area contributed by atoms with Crippen molar-refractivity contribution in [2.24, 2.45) is 10.8 Å². The Balaban J connectivity index is 4.11. The van der Waals surface area contributed by atoms with Crippen LogP contribution in [0.4, 0.5) is 0 Å². The lowest BCUT2D eigenvalue weighted by Crippen LogP contribution is -2.32. The molecule has 0 saturated carbocycles. The molecule has 3 heteroatoms. The fourth-order valence-corrected chi connectivity index (χ4v) is 0.803. The summed E-state index contributed by atoms with van der Waals surface area (Å²) in [6.07, 6.45) is 1.87. The van der Waals surface area contributed by atoms with Crippen molar-refractivity contribution in [1.82, 2.24) is 0 Å². The molecule has 0 aromatic rings. The Kier molecular flexibility index (Phi) is 5.01. The molecule has 15 heavy (non-hydrogen) atoms. The first-order valence-electron chi connectivity index (χ1n) is 5.14. The summed E-state index contributed by atoms with van der Waals surface area (Å²) in [5.41, 5.74) is -0.0773. The SMILES string of the molecule is C=CCOOC(=O)CC(C)(C)C(C)(C)C. The summed E-state index contributed by atoms with van der Waals surface area (Å²) in [4.78, 5) is 20.6. The van der Waals surface area contributed by atoms with Crippen LogP contribution < -0.4 is 0 Å². The molecule has 0 aromatic heterocycles. The van der Waals surface area contributed by atoms with E-state index >= 15 is 0 Å². The van der Waals surface area contributed by atoms with Crippen molar-refractivity contribution < 1.29 is 14.6 Å². The molecular formula is C12H22O3. The van der Waals surface area contributed by atoms with E-state index in [2.05, 4.69) is 37.1 Å². The van der Waals surface area contributed by atoms with Gasteiger partial charge in [0.15, 0.2) is 0 Å². The first kappa shape index (κ1) is 14.2. The Hall–Kier alpha value is -0.830. The summed E-state index contributed by atoms with van der Waals surface area (Å²) < 4.78 is 0. The molecule has 0 heterocycles.